The number of hydrogen-bond acceptors (Lipinski definition) is 5. The number of carbonyl (C=O) groups is 2. The van der Waals surface area contributed by atoms with Crippen LogP contribution in [-0.2, 0) is 11.4 Å². The van der Waals surface area contributed by atoms with Gasteiger partial charge >= 0.3 is 6.03 Å². The number of nitro groups is 1. The van der Waals surface area contributed by atoms with Crippen molar-refractivity contribution >= 4 is 55.6 Å². The van der Waals surface area contributed by atoms with Crippen LogP contribution in [0.1, 0.15) is 11.1 Å². The summed E-state index contributed by atoms with van der Waals surface area (Å²) in [5.41, 5.74) is 1.66. The number of benzene rings is 2. The summed E-state index contributed by atoms with van der Waals surface area (Å²) in [6.45, 7) is 0.217. The van der Waals surface area contributed by atoms with Crippen molar-refractivity contribution in [2.75, 3.05) is 7.05 Å². The van der Waals surface area contributed by atoms with Crippen LogP contribution in [0.5, 0.6) is 5.75 Å². The Morgan fingerprint density at radius 3 is 2.29 bits per heavy atom. The van der Waals surface area contributed by atoms with E-state index in [1.54, 1.807) is 30.3 Å². The van der Waals surface area contributed by atoms with Gasteiger partial charge in [-0.05, 0) is 73.3 Å². The second kappa shape index (κ2) is 8.11. The number of nitrogens with zero attached hydrogens (tertiary/aromatic N) is 2. The van der Waals surface area contributed by atoms with Crippen LogP contribution in [0.15, 0.2) is 51.0 Å². The molecular formula is C18H13Br2N3O5. The molecule has 28 heavy (non-hydrogen) atoms. The Bertz CT molecular complexity index is 982. The van der Waals surface area contributed by atoms with Crippen LogP contribution >= 0.6 is 31.9 Å². The zero-order valence-electron chi connectivity index (χ0n) is 14.4. The molecule has 8 nitrogen and oxygen atoms in total. The zero-order chi connectivity index (χ0) is 20.4. The first-order valence-corrected chi connectivity index (χ1v) is 9.51. The van der Waals surface area contributed by atoms with Gasteiger partial charge in [-0.25, -0.2) is 4.79 Å². The summed E-state index contributed by atoms with van der Waals surface area (Å²) in [5.74, 6) is 0.134. The van der Waals surface area contributed by atoms with Gasteiger partial charge in [0.1, 0.15) is 18.1 Å². The lowest BCUT2D eigenvalue weighted by Gasteiger charge is -2.11. The Labute approximate surface area is 176 Å². The van der Waals surface area contributed by atoms with Crippen LogP contribution < -0.4 is 10.1 Å². The average Bonchev–Trinajstić information content (AvgIpc) is 2.88. The smallest absolute Gasteiger partial charge is 0.328 e. The van der Waals surface area contributed by atoms with Crippen LogP contribution in [0.4, 0.5) is 10.5 Å². The largest absolute Gasteiger partial charge is 0.487 e. The average molecular weight is 511 g/mol. The van der Waals surface area contributed by atoms with E-state index in [1.807, 2.05) is 0 Å². The highest BCUT2D eigenvalue weighted by atomic mass is 79.9. The number of carbonyl (C=O) groups excluding carboxylic acids is 2. The molecule has 10 heteroatoms. The summed E-state index contributed by atoms with van der Waals surface area (Å²) >= 11 is 6.87. The van der Waals surface area contributed by atoms with Gasteiger partial charge in [0.15, 0.2) is 0 Å². The van der Waals surface area contributed by atoms with Crippen LogP contribution in [0.3, 0.4) is 0 Å². The first-order chi connectivity index (χ1) is 13.3. The van der Waals surface area contributed by atoms with Crippen LogP contribution in [0.25, 0.3) is 6.08 Å². The molecule has 1 N–H and O–H groups in total. The first-order valence-electron chi connectivity index (χ1n) is 7.92. The molecule has 1 aliphatic heterocycles. The van der Waals surface area contributed by atoms with E-state index < -0.39 is 16.9 Å². The molecule has 3 amide bonds. The number of imide groups is 1. The topological polar surface area (TPSA) is 102 Å². The van der Waals surface area contributed by atoms with Crippen molar-refractivity contribution in [3.63, 3.8) is 0 Å². The summed E-state index contributed by atoms with van der Waals surface area (Å²) in [5, 5.41) is 13.2. The van der Waals surface area contributed by atoms with Gasteiger partial charge in [0.25, 0.3) is 11.6 Å². The molecule has 0 aliphatic carbocycles. The van der Waals surface area contributed by atoms with E-state index in [0.717, 1.165) is 10.5 Å². The number of hydrogen-bond donors (Lipinski definition) is 1. The Balaban J connectivity index is 1.76. The SMILES string of the molecule is CN1C(=O)N/C(=C/c2cc(Br)c(OCc3ccc([N+](=O)[O-])cc3)c(Br)c2)C1=O. The molecule has 0 spiro atoms. The van der Waals surface area contributed by atoms with Crippen molar-refractivity contribution in [1.29, 1.82) is 0 Å². The van der Waals surface area contributed by atoms with Gasteiger partial charge in [0.2, 0.25) is 0 Å². The molecule has 1 aliphatic rings. The minimum atomic E-state index is -0.475. The number of nitro benzene ring substituents is 1. The van der Waals surface area contributed by atoms with Crippen LogP contribution in [0, 0.1) is 10.1 Å². The zero-order valence-corrected chi connectivity index (χ0v) is 17.6. The summed E-state index contributed by atoms with van der Waals surface area (Å²) in [6, 6.07) is 9.12. The molecule has 1 fully saturated rings. The Kier molecular flexibility index (Phi) is 5.80. The molecule has 1 saturated heterocycles. The van der Waals surface area contributed by atoms with Gasteiger partial charge < -0.3 is 10.1 Å². The Hall–Kier alpha value is -2.72. The van der Waals surface area contributed by atoms with Crippen molar-refractivity contribution < 1.29 is 19.2 Å². The van der Waals surface area contributed by atoms with Crippen molar-refractivity contribution in [3.05, 3.63) is 72.3 Å². The highest BCUT2D eigenvalue weighted by Gasteiger charge is 2.30. The lowest BCUT2D eigenvalue weighted by atomic mass is 10.2. The second-order valence-corrected chi connectivity index (χ2v) is 7.59. The summed E-state index contributed by atoms with van der Waals surface area (Å²) in [6.07, 6.45) is 1.57. The van der Waals surface area contributed by atoms with Gasteiger partial charge in [0.05, 0.1) is 13.9 Å². The van der Waals surface area contributed by atoms with Crippen molar-refractivity contribution in [3.8, 4) is 5.75 Å². The van der Waals surface area contributed by atoms with Gasteiger partial charge in [-0.1, -0.05) is 0 Å². The minimum Gasteiger partial charge on any atom is -0.487 e. The van der Waals surface area contributed by atoms with Gasteiger partial charge in [-0.15, -0.1) is 0 Å². The Morgan fingerprint density at radius 1 is 1.18 bits per heavy atom. The molecule has 3 rings (SSSR count). The van der Waals surface area contributed by atoms with Gasteiger partial charge in [-0.2, -0.15) is 0 Å². The fourth-order valence-electron chi connectivity index (χ4n) is 2.46. The summed E-state index contributed by atoms with van der Waals surface area (Å²) in [4.78, 5) is 34.7. The van der Waals surface area contributed by atoms with E-state index in [-0.39, 0.29) is 18.0 Å². The predicted octanol–water partition coefficient (Wildman–Crippen LogP) is 4.22. The number of likely N-dealkylation sites (N-methyl/N-ethyl adjacent to an activating group) is 1. The fraction of sp³-hybridized carbons (Fsp3) is 0.111. The predicted molar refractivity (Wildman–Crippen MR) is 109 cm³/mol. The van der Waals surface area contributed by atoms with E-state index in [1.165, 1.54) is 19.2 Å². The third-order valence-electron chi connectivity index (χ3n) is 3.94. The normalized spacial score (nSPS) is 15.1. The van der Waals surface area contributed by atoms with E-state index in [9.17, 15) is 19.7 Å². The van der Waals surface area contributed by atoms with Crippen LogP contribution in [0.2, 0.25) is 0 Å². The van der Waals surface area contributed by atoms with E-state index in [0.29, 0.717) is 20.3 Å². The molecule has 0 aromatic heterocycles. The molecule has 1 heterocycles. The molecule has 0 unspecified atom stereocenters. The van der Waals surface area contributed by atoms with Crippen molar-refractivity contribution in [1.82, 2.24) is 10.2 Å². The summed E-state index contributed by atoms with van der Waals surface area (Å²) < 4.78 is 7.08. The maximum atomic E-state index is 12.0. The van der Waals surface area contributed by atoms with Crippen molar-refractivity contribution in [2.24, 2.45) is 0 Å². The molecule has 0 saturated carbocycles. The molecule has 0 radical (unpaired) electrons. The molecule has 144 valence electrons. The fourth-order valence-corrected chi connectivity index (χ4v) is 3.91. The number of nitrogens with one attached hydrogen (secondary N) is 1. The van der Waals surface area contributed by atoms with Gasteiger partial charge in [-0.3, -0.25) is 19.8 Å². The lowest BCUT2D eigenvalue weighted by molar-refractivity contribution is -0.384. The highest BCUT2D eigenvalue weighted by Crippen LogP contribution is 2.36. The third kappa shape index (κ3) is 4.23. The summed E-state index contributed by atoms with van der Waals surface area (Å²) in [7, 11) is 1.40. The number of halogens is 2. The number of non-ortho nitro benzene ring substituents is 1. The van der Waals surface area contributed by atoms with Gasteiger partial charge in [0, 0.05) is 19.2 Å². The molecule has 2 aromatic carbocycles. The molecule has 0 bridgehead atoms. The van der Waals surface area contributed by atoms with E-state index >= 15 is 0 Å². The molecule has 0 atom stereocenters. The number of amides is 3. The third-order valence-corrected chi connectivity index (χ3v) is 5.12. The van der Waals surface area contributed by atoms with E-state index in [2.05, 4.69) is 37.2 Å². The van der Waals surface area contributed by atoms with E-state index in [4.69, 9.17) is 4.74 Å². The highest BCUT2D eigenvalue weighted by molar-refractivity contribution is 9.11. The maximum Gasteiger partial charge on any atom is 0.328 e. The number of urea groups is 1. The standard InChI is InChI=1S/C18H13Br2N3O5/c1-22-17(24)15(21-18(22)25)8-11-6-13(19)16(14(20)7-11)28-9-10-2-4-12(5-3-10)23(26)27/h2-8H,9H2,1H3,(H,21,25)/b15-8+. The lowest BCUT2D eigenvalue weighted by Crippen LogP contribution is -2.25. The molecular weight excluding hydrogens is 498 g/mol. The molecule has 2 aromatic rings. The monoisotopic (exact) mass is 509 g/mol. The number of rotatable bonds is 5. The first kappa shape index (κ1) is 20.0. The van der Waals surface area contributed by atoms with Crippen LogP contribution in [-0.4, -0.2) is 28.8 Å². The Morgan fingerprint density at radius 2 is 1.79 bits per heavy atom. The van der Waals surface area contributed by atoms with Crippen molar-refractivity contribution in [2.45, 2.75) is 6.61 Å². The second-order valence-electron chi connectivity index (χ2n) is 5.88. The maximum absolute atomic E-state index is 12.0. The number of ether oxygens (including phenoxy) is 1. The quantitative estimate of drug-likeness (QED) is 0.281. The minimum absolute atomic E-state index is 0.0164.